The maximum Gasteiger partial charge on any atom is 0.182 e. The predicted octanol–water partition coefficient (Wildman–Crippen LogP) is 2.54. The number of nitrogens with two attached hydrogens (primary N) is 1. The Balaban J connectivity index is 1.72. The minimum absolute atomic E-state index is 0.0444. The largest absolute Gasteiger partial charge is 0.490 e. The first-order valence-corrected chi connectivity index (χ1v) is 6.68. The molecule has 2 fully saturated rings. The maximum atomic E-state index is 12.3. The van der Waals surface area contributed by atoms with Gasteiger partial charge in [-0.05, 0) is 62.8 Å². The van der Waals surface area contributed by atoms with Crippen LogP contribution >= 0.6 is 0 Å². The summed E-state index contributed by atoms with van der Waals surface area (Å²) < 4.78 is 5.66. The van der Waals surface area contributed by atoms with Crippen molar-refractivity contribution in [2.75, 3.05) is 0 Å². The fourth-order valence-electron chi connectivity index (χ4n) is 2.24. The van der Waals surface area contributed by atoms with Crippen LogP contribution < -0.4 is 10.5 Å². The normalized spacial score (nSPS) is 22.3. The number of ether oxygens (including phenoxy) is 1. The topological polar surface area (TPSA) is 52.3 Å². The molecule has 0 saturated heterocycles. The maximum absolute atomic E-state index is 12.3. The zero-order valence-electron chi connectivity index (χ0n) is 10.7. The molecule has 96 valence electrons. The molecule has 2 aliphatic rings. The van der Waals surface area contributed by atoms with Crippen molar-refractivity contribution in [1.29, 1.82) is 0 Å². The van der Waals surface area contributed by atoms with Gasteiger partial charge in [-0.15, -0.1) is 0 Å². The van der Waals surface area contributed by atoms with Crippen molar-refractivity contribution in [2.24, 2.45) is 11.7 Å². The molecule has 3 nitrogen and oxygen atoms in total. The molecule has 2 N–H and O–H groups in total. The highest BCUT2D eigenvalue weighted by atomic mass is 16.5. The van der Waals surface area contributed by atoms with E-state index in [0.29, 0.717) is 17.6 Å². The second-order valence-electron chi connectivity index (χ2n) is 5.73. The van der Waals surface area contributed by atoms with Crippen LogP contribution in [0.2, 0.25) is 0 Å². The van der Waals surface area contributed by atoms with E-state index < -0.39 is 5.54 Å². The van der Waals surface area contributed by atoms with Crippen LogP contribution in [0.25, 0.3) is 0 Å². The van der Waals surface area contributed by atoms with E-state index in [4.69, 9.17) is 10.5 Å². The van der Waals surface area contributed by atoms with Crippen LogP contribution in [0, 0.1) is 5.92 Å². The summed E-state index contributed by atoms with van der Waals surface area (Å²) in [5, 5.41) is 0. The van der Waals surface area contributed by atoms with E-state index in [1.807, 2.05) is 31.2 Å². The zero-order chi connectivity index (χ0) is 12.8. The van der Waals surface area contributed by atoms with E-state index in [0.717, 1.165) is 31.4 Å². The summed E-state index contributed by atoms with van der Waals surface area (Å²) >= 11 is 0. The molecule has 2 aliphatic carbocycles. The van der Waals surface area contributed by atoms with Gasteiger partial charge in [0.1, 0.15) is 5.75 Å². The van der Waals surface area contributed by atoms with E-state index in [-0.39, 0.29) is 5.78 Å². The van der Waals surface area contributed by atoms with Crippen LogP contribution in [-0.2, 0) is 0 Å². The van der Waals surface area contributed by atoms with Gasteiger partial charge in [-0.3, -0.25) is 4.79 Å². The lowest BCUT2D eigenvalue weighted by molar-refractivity contribution is 0.0883. The van der Waals surface area contributed by atoms with Crippen LogP contribution in [-0.4, -0.2) is 17.4 Å². The Kier molecular flexibility index (Phi) is 2.67. The lowest BCUT2D eigenvalue weighted by Gasteiger charge is -2.22. The number of benzene rings is 1. The first kappa shape index (κ1) is 11.7. The molecule has 1 aromatic rings. The number of hydrogen-bond acceptors (Lipinski definition) is 3. The van der Waals surface area contributed by atoms with Crippen LogP contribution in [0.15, 0.2) is 24.3 Å². The van der Waals surface area contributed by atoms with Gasteiger partial charge in [-0.25, -0.2) is 0 Å². The van der Waals surface area contributed by atoms with Crippen LogP contribution in [0.1, 0.15) is 43.0 Å². The smallest absolute Gasteiger partial charge is 0.182 e. The van der Waals surface area contributed by atoms with E-state index in [9.17, 15) is 4.79 Å². The van der Waals surface area contributed by atoms with Gasteiger partial charge in [0, 0.05) is 5.56 Å². The highest BCUT2D eigenvalue weighted by Gasteiger charge is 2.44. The zero-order valence-corrected chi connectivity index (χ0v) is 10.7. The molecule has 0 spiro atoms. The number of rotatable bonds is 5. The van der Waals surface area contributed by atoms with Gasteiger partial charge in [-0.1, -0.05) is 0 Å². The molecule has 0 radical (unpaired) electrons. The number of ketones is 1. The third-order valence-corrected chi connectivity index (χ3v) is 3.86. The van der Waals surface area contributed by atoms with Crippen molar-refractivity contribution in [2.45, 2.75) is 44.2 Å². The molecule has 0 bridgehead atoms. The number of carbonyl (C=O) groups excluding carboxylic acids is 1. The average Bonchev–Trinajstić information content (AvgIpc) is 3.21. The summed E-state index contributed by atoms with van der Waals surface area (Å²) in [7, 11) is 0. The second kappa shape index (κ2) is 4.09. The average molecular weight is 245 g/mol. The summed E-state index contributed by atoms with van der Waals surface area (Å²) in [5.41, 5.74) is 6.13. The Labute approximate surface area is 107 Å². The van der Waals surface area contributed by atoms with Gasteiger partial charge in [0.05, 0.1) is 11.6 Å². The highest BCUT2D eigenvalue weighted by molar-refractivity contribution is 6.03. The lowest BCUT2D eigenvalue weighted by atomic mass is 9.87. The van der Waals surface area contributed by atoms with Crippen molar-refractivity contribution in [3.63, 3.8) is 0 Å². The van der Waals surface area contributed by atoms with Crippen LogP contribution in [0.4, 0.5) is 0 Å². The van der Waals surface area contributed by atoms with Crippen LogP contribution in [0.3, 0.4) is 0 Å². The quantitative estimate of drug-likeness (QED) is 0.811. The summed E-state index contributed by atoms with van der Waals surface area (Å²) in [6.07, 6.45) is 4.81. The van der Waals surface area contributed by atoms with Gasteiger partial charge in [-0.2, -0.15) is 0 Å². The van der Waals surface area contributed by atoms with Crippen LogP contribution in [0.5, 0.6) is 5.75 Å². The monoisotopic (exact) mass is 245 g/mol. The number of hydrogen-bond donors (Lipinski definition) is 1. The molecule has 0 amide bonds. The summed E-state index contributed by atoms with van der Waals surface area (Å²) in [5.74, 6) is 1.24. The van der Waals surface area contributed by atoms with Gasteiger partial charge in [0.2, 0.25) is 0 Å². The SMILES string of the molecule is CC(N)(C(=O)c1ccc(OC2CC2)cc1)C1CC1. The van der Waals surface area contributed by atoms with Gasteiger partial charge >= 0.3 is 0 Å². The molecule has 1 aromatic carbocycles. The van der Waals surface area contributed by atoms with Crippen molar-refractivity contribution in [1.82, 2.24) is 0 Å². The van der Waals surface area contributed by atoms with Crippen molar-refractivity contribution in [3.8, 4) is 5.75 Å². The third kappa shape index (κ3) is 2.27. The standard InChI is InChI=1S/C15H19NO2/c1-15(16,11-4-5-11)14(17)10-2-6-12(7-3-10)18-13-8-9-13/h2-3,6-7,11,13H,4-5,8-9,16H2,1H3. The van der Waals surface area contributed by atoms with E-state index in [2.05, 4.69) is 0 Å². The highest BCUT2D eigenvalue weighted by Crippen LogP contribution is 2.39. The molecule has 0 heterocycles. The summed E-state index contributed by atoms with van der Waals surface area (Å²) in [6.45, 7) is 1.85. The number of Topliss-reactive ketones (excluding diaryl/α,β-unsaturated/α-hetero) is 1. The molecule has 0 aromatic heterocycles. The molecule has 3 rings (SSSR count). The minimum Gasteiger partial charge on any atom is -0.490 e. The third-order valence-electron chi connectivity index (χ3n) is 3.86. The van der Waals surface area contributed by atoms with Gasteiger partial charge < -0.3 is 10.5 Å². The van der Waals surface area contributed by atoms with Crippen molar-refractivity contribution < 1.29 is 9.53 Å². The van der Waals surface area contributed by atoms with E-state index >= 15 is 0 Å². The molecule has 2 saturated carbocycles. The second-order valence-corrected chi connectivity index (χ2v) is 5.73. The molecular formula is C15H19NO2. The Bertz CT molecular complexity index is 456. The lowest BCUT2D eigenvalue weighted by Crippen LogP contribution is -2.47. The van der Waals surface area contributed by atoms with E-state index in [1.54, 1.807) is 0 Å². The van der Waals surface area contributed by atoms with E-state index in [1.165, 1.54) is 0 Å². The summed E-state index contributed by atoms with van der Waals surface area (Å²) in [4.78, 5) is 12.3. The molecule has 0 aliphatic heterocycles. The first-order valence-electron chi connectivity index (χ1n) is 6.68. The Morgan fingerprint density at radius 1 is 1.22 bits per heavy atom. The fourth-order valence-corrected chi connectivity index (χ4v) is 2.24. The molecule has 18 heavy (non-hydrogen) atoms. The minimum atomic E-state index is -0.709. The Morgan fingerprint density at radius 3 is 2.33 bits per heavy atom. The Morgan fingerprint density at radius 2 is 1.83 bits per heavy atom. The first-order chi connectivity index (χ1) is 8.57. The Hall–Kier alpha value is -1.35. The number of carbonyl (C=O) groups is 1. The molecular weight excluding hydrogens is 226 g/mol. The molecule has 1 unspecified atom stereocenters. The van der Waals surface area contributed by atoms with Crippen molar-refractivity contribution >= 4 is 5.78 Å². The van der Waals surface area contributed by atoms with Gasteiger partial charge in [0.25, 0.3) is 0 Å². The summed E-state index contributed by atoms with van der Waals surface area (Å²) in [6, 6.07) is 7.39. The fraction of sp³-hybridized carbons (Fsp3) is 0.533. The van der Waals surface area contributed by atoms with Crippen molar-refractivity contribution in [3.05, 3.63) is 29.8 Å². The van der Waals surface area contributed by atoms with Gasteiger partial charge in [0.15, 0.2) is 5.78 Å². The molecule has 1 atom stereocenters. The molecule has 3 heteroatoms. The predicted molar refractivity (Wildman–Crippen MR) is 69.7 cm³/mol.